The molecule has 1 aromatic carbocycles. The molecule has 1 heterocycles. The summed E-state index contributed by atoms with van der Waals surface area (Å²) in [6.45, 7) is 3.09. The highest BCUT2D eigenvalue weighted by Gasteiger charge is 2.25. The zero-order valence-electron chi connectivity index (χ0n) is 15.5. The molecule has 26 heavy (non-hydrogen) atoms. The average molecular weight is 350 g/mol. The molecule has 2 aliphatic carbocycles. The first-order valence-corrected chi connectivity index (χ1v) is 9.89. The molecular formula is C23H27FN2. The Morgan fingerprint density at radius 2 is 1.88 bits per heavy atom. The van der Waals surface area contributed by atoms with E-state index in [-0.39, 0.29) is 11.7 Å². The summed E-state index contributed by atoms with van der Waals surface area (Å²) in [5, 5.41) is 4.94. The van der Waals surface area contributed by atoms with Crippen LogP contribution in [-0.2, 0) is 6.54 Å². The highest BCUT2D eigenvalue weighted by molar-refractivity contribution is 5.70. The molecule has 0 bridgehead atoms. The summed E-state index contributed by atoms with van der Waals surface area (Å²) in [4.78, 5) is 0. The monoisotopic (exact) mass is 350 g/mol. The van der Waals surface area contributed by atoms with E-state index in [4.69, 9.17) is 5.10 Å². The van der Waals surface area contributed by atoms with E-state index >= 15 is 0 Å². The molecule has 4 rings (SSSR count). The highest BCUT2D eigenvalue weighted by Crippen LogP contribution is 2.38. The zero-order chi connectivity index (χ0) is 17.9. The SMILES string of the molecule is Cc1nn(CC2CCCCC2)c(C2C=CC(F)=CC2)c1-c1ccccc1. The van der Waals surface area contributed by atoms with Crippen molar-refractivity contribution < 1.29 is 4.39 Å². The molecule has 0 radical (unpaired) electrons. The van der Waals surface area contributed by atoms with Gasteiger partial charge in [-0.2, -0.15) is 5.10 Å². The summed E-state index contributed by atoms with van der Waals surface area (Å²) >= 11 is 0. The van der Waals surface area contributed by atoms with Crippen LogP contribution in [0.25, 0.3) is 11.1 Å². The molecule has 2 nitrogen and oxygen atoms in total. The minimum absolute atomic E-state index is 0.127. The largest absolute Gasteiger partial charge is 0.268 e. The molecule has 0 saturated heterocycles. The topological polar surface area (TPSA) is 17.8 Å². The van der Waals surface area contributed by atoms with Crippen LogP contribution in [0.15, 0.2) is 54.4 Å². The lowest BCUT2D eigenvalue weighted by atomic mass is 9.88. The van der Waals surface area contributed by atoms with Crippen LogP contribution in [0, 0.1) is 12.8 Å². The summed E-state index contributed by atoms with van der Waals surface area (Å²) in [5.41, 5.74) is 4.76. The summed E-state index contributed by atoms with van der Waals surface area (Å²) in [6, 6.07) is 10.5. The summed E-state index contributed by atoms with van der Waals surface area (Å²) in [5.74, 6) is 0.775. The van der Waals surface area contributed by atoms with E-state index in [2.05, 4.69) is 35.9 Å². The third-order valence-corrected chi connectivity index (χ3v) is 5.79. The molecule has 1 aromatic heterocycles. The highest BCUT2D eigenvalue weighted by atomic mass is 19.1. The Bertz CT molecular complexity index is 810. The van der Waals surface area contributed by atoms with E-state index < -0.39 is 0 Å². The van der Waals surface area contributed by atoms with Crippen LogP contribution in [0.4, 0.5) is 4.39 Å². The Kier molecular flexibility index (Phi) is 5.05. The predicted octanol–water partition coefficient (Wildman–Crippen LogP) is 6.34. The Balaban J connectivity index is 1.74. The van der Waals surface area contributed by atoms with Gasteiger partial charge in [-0.15, -0.1) is 0 Å². The number of allylic oxidation sites excluding steroid dienone is 4. The van der Waals surface area contributed by atoms with Gasteiger partial charge in [0, 0.05) is 18.0 Å². The summed E-state index contributed by atoms with van der Waals surface area (Å²) < 4.78 is 15.8. The standard InChI is InChI=1S/C23H27FN2/c1-17-22(19-10-6-3-7-11-19)23(20-12-14-21(24)15-13-20)26(25-17)16-18-8-4-2-5-9-18/h3,6-7,10-12,14-15,18,20H,2,4-5,8-9,13,16H2,1H3. The number of nitrogens with zero attached hydrogens (tertiary/aromatic N) is 2. The maximum absolute atomic E-state index is 13.5. The Labute approximate surface area is 155 Å². The molecule has 136 valence electrons. The molecule has 3 heteroatoms. The molecule has 1 atom stereocenters. The van der Waals surface area contributed by atoms with Crippen molar-refractivity contribution in [2.24, 2.45) is 5.92 Å². The van der Waals surface area contributed by atoms with Gasteiger partial charge in [0.25, 0.3) is 0 Å². The molecule has 0 aliphatic heterocycles. The first-order chi connectivity index (χ1) is 12.7. The maximum atomic E-state index is 13.5. The summed E-state index contributed by atoms with van der Waals surface area (Å²) in [6.07, 6.45) is 12.7. The number of hydrogen-bond donors (Lipinski definition) is 0. The number of rotatable bonds is 4. The Hall–Kier alpha value is -2.16. The molecule has 0 amide bonds. The lowest BCUT2D eigenvalue weighted by Gasteiger charge is -2.24. The molecule has 1 fully saturated rings. The van der Waals surface area contributed by atoms with Crippen molar-refractivity contribution in [3.05, 3.63) is 65.8 Å². The second-order valence-electron chi connectivity index (χ2n) is 7.69. The number of benzene rings is 1. The van der Waals surface area contributed by atoms with Gasteiger partial charge in [0.15, 0.2) is 0 Å². The van der Waals surface area contributed by atoms with Gasteiger partial charge in [-0.3, -0.25) is 4.68 Å². The number of hydrogen-bond acceptors (Lipinski definition) is 1. The normalized spacial score (nSPS) is 21.0. The van der Waals surface area contributed by atoms with Gasteiger partial charge in [0.1, 0.15) is 5.83 Å². The van der Waals surface area contributed by atoms with Crippen molar-refractivity contribution in [1.82, 2.24) is 9.78 Å². The van der Waals surface area contributed by atoms with Gasteiger partial charge in [-0.05, 0) is 49.8 Å². The van der Waals surface area contributed by atoms with Crippen molar-refractivity contribution in [3.8, 4) is 11.1 Å². The van der Waals surface area contributed by atoms with Crippen LogP contribution in [0.1, 0.15) is 55.8 Å². The van der Waals surface area contributed by atoms with Crippen LogP contribution in [0.5, 0.6) is 0 Å². The van der Waals surface area contributed by atoms with E-state index in [1.807, 2.05) is 12.1 Å². The molecule has 0 N–H and O–H groups in total. The van der Waals surface area contributed by atoms with E-state index in [1.165, 1.54) is 48.9 Å². The third-order valence-electron chi connectivity index (χ3n) is 5.79. The van der Waals surface area contributed by atoms with E-state index in [1.54, 1.807) is 12.2 Å². The van der Waals surface area contributed by atoms with Gasteiger partial charge in [0.2, 0.25) is 0 Å². The minimum Gasteiger partial charge on any atom is -0.268 e. The first kappa shape index (κ1) is 17.3. The molecule has 0 spiro atoms. The second-order valence-corrected chi connectivity index (χ2v) is 7.69. The maximum Gasteiger partial charge on any atom is 0.118 e. The van der Waals surface area contributed by atoms with Crippen LogP contribution in [0.2, 0.25) is 0 Å². The fraction of sp³-hybridized carbons (Fsp3) is 0.435. The summed E-state index contributed by atoms with van der Waals surface area (Å²) in [7, 11) is 0. The Morgan fingerprint density at radius 1 is 1.12 bits per heavy atom. The molecule has 2 aromatic rings. The third kappa shape index (κ3) is 3.53. The fourth-order valence-electron chi connectivity index (χ4n) is 4.49. The van der Waals surface area contributed by atoms with Gasteiger partial charge >= 0.3 is 0 Å². The van der Waals surface area contributed by atoms with E-state index in [0.717, 1.165) is 12.2 Å². The quantitative estimate of drug-likeness (QED) is 0.629. The molecular weight excluding hydrogens is 323 g/mol. The smallest absolute Gasteiger partial charge is 0.118 e. The van der Waals surface area contributed by atoms with Gasteiger partial charge < -0.3 is 0 Å². The van der Waals surface area contributed by atoms with Crippen molar-refractivity contribution >= 4 is 0 Å². The molecule has 1 saturated carbocycles. The van der Waals surface area contributed by atoms with Crippen molar-refractivity contribution in [1.29, 1.82) is 0 Å². The Morgan fingerprint density at radius 3 is 2.58 bits per heavy atom. The van der Waals surface area contributed by atoms with E-state index in [0.29, 0.717) is 12.3 Å². The van der Waals surface area contributed by atoms with Gasteiger partial charge in [-0.1, -0.05) is 55.7 Å². The predicted molar refractivity (Wildman–Crippen MR) is 105 cm³/mol. The average Bonchev–Trinajstić information content (AvgIpc) is 2.99. The van der Waals surface area contributed by atoms with Crippen LogP contribution in [0.3, 0.4) is 0 Å². The number of aryl methyl sites for hydroxylation is 1. The fourth-order valence-corrected chi connectivity index (χ4v) is 4.49. The number of aromatic nitrogens is 2. The van der Waals surface area contributed by atoms with Crippen LogP contribution in [-0.4, -0.2) is 9.78 Å². The lowest BCUT2D eigenvalue weighted by molar-refractivity contribution is 0.303. The van der Waals surface area contributed by atoms with Gasteiger partial charge in [-0.25, -0.2) is 4.39 Å². The lowest BCUT2D eigenvalue weighted by Crippen LogP contribution is -2.18. The van der Waals surface area contributed by atoms with E-state index in [9.17, 15) is 4.39 Å². The van der Waals surface area contributed by atoms with Crippen LogP contribution >= 0.6 is 0 Å². The second kappa shape index (κ2) is 7.61. The number of halogens is 1. The first-order valence-electron chi connectivity index (χ1n) is 9.89. The van der Waals surface area contributed by atoms with Gasteiger partial charge in [0.05, 0.1) is 11.4 Å². The van der Waals surface area contributed by atoms with Crippen LogP contribution < -0.4 is 0 Å². The zero-order valence-corrected chi connectivity index (χ0v) is 15.5. The van der Waals surface area contributed by atoms with Crippen molar-refractivity contribution in [2.75, 3.05) is 0 Å². The minimum atomic E-state index is -0.127. The van der Waals surface area contributed by atoms with Crippen molar-refractivity contribution in [3.63, 3.8) is 0 Å². The molecule has 2 aliphatic rings. The molecule has 1 unspecified atom stereocenters. The van der Waals surface area contributed by atoms with Crippen molar-refractivity contribution in [2.45, 2.75) is 57.9 Å².